The smallest absolute Gasteiger partial charge is 0.266 e. The number of nitrogens with zero attached hydrogens (tertiary/aromatic N) is 3. The number of hydrogen-bond acceptors (Lipinski definition) is 5. The highest BCUT2D eigenvalue weighted by molar-refractivity contribution is 7.90. The third kappa shape index (κ3) is 3.83. The van der Waals surface area contributed by atoms with Gasteiger partial charge in [-0.25, -0.2) is 22.2 Å². The summed E-state index contributed by atoms with van der Waals surface area (Å²) in [5.41, 5.74) is 0.181. The van der Waals surface area contributed by atoms with Gasteiger partial charge in [0.1, 0.15) is 10.7 Å². The largest absolute Gasteiger partial charge is 0.287 e. The van der Waals surface area contributed by atoms with E-state index in [1.54, 1.807) is 4.72 Å². The van der Waals surface area contributed by atoms with E-state index in [2.05, 4.69) is 10.3 Å². The number of rotatable bonds is 4. The van der Waals surface area contributed by atoms with E-state index in [9.17, 15) is 17.6 Å². The zero-order valence-electron chi connectivity index (χ0n) is 14.0. The Morgan fingerprint density at radius 3 is 2.43 bits per heavy atom. The van der Waals surface area contributed by atoms with E-state index in [4.69, 9.17) is 34.8 Å². The molecule has 1 aromatic heterocycles. The van der Waals surface area contributed by atoms with Crippen molar-refractivity contribution in [2.45, 2.75) is 11.8 Å². The van der Waals surface area contributed by atoms with E-state index in [1.807, 2.05) is 0 Å². The van der Waals surface area contributed by atoms with Gasteiger partial charge in [-0.3, -0.25) is 4.79 Å². The summed E-state index contributed by atoms with van der Waals surface area (Å²) < 4.78 is 41.3. The SMILES string of the molecule is Cc1c(C(=O)NS(=O)(=O)c2ccccc2F)nnn1-c1cc(Cl)c(Cl)cc1Cl. The molecule has 3 aromatic rings. The maximum Gasteiger partial charge on any atom is 0.287 e. The number of halogens is 4. The molecule has 0 saturated heterocycles. The normalized spacial score (nSPS) is 11.5. The number of carbonyl (C=O) groups is 1. The van der Waals surface area contributed by atoms with E-state index < -0.39 is 26.6 Å². The van der Waals surface area contributed by atoms with Crippen LogP contribution in [0.5, 0.6) is 0 Å². The van der Waals surface area contributed by atoms with Crippen LogP contribution in [0.15, 0.2) is 41.3 Å². The minimum Gasteiger partial charge on any atom is -0.266 e. The van der Waals surface area contributed by atoms with Gasteiger partial charge < -0.3 is 0 Å². The molecule has 0 saturated carbocycles. The van der Waals surface area contributed by atoms with Crippen LogP contribution < -0.4 is 4.72 Å². The predicted molar refractivity (Wildman–Crippen MR) is 102 cm³/mol. The van der Waals surface area contributed by atoms with Crippen molar-refractivity contribution in [3.8, 4) is 5.69 Å². The minimum atomic E-state index is -4.45. The van der Waals surface area contributed by atoms with Crippen LogP contribution in [-0.4, -0.2) is 29.3 Å². The third-order valence-electron chi connectivity index (χ3n) is 3.68. The number of carbonyl (C=O) groups excluding carboxylic acids is 1. The Balaban J connectivity index is 1.95. The van der Waals surface area contributed by atoms with Crippen LogP contribution in [0.3, 0.4) is 0 Å². The lowest BCUT2D eigenvalue weighted by Crippen LogP contribution is -2.32. The van der Waals surface area contributed by atoms with Crippen LogP contribution in [0.2, 0.25) is 15.1 Å². The Morgan fingerprint density at radius 1 is 1.11 bits per heavy atom. The summed E-state index contributed by atoms with van der Waals surface area (Å²) in [5.74, 6) is -2.08. The second-order valence-electron chi connectivity index (χ2n) is 5.52. The number of benzene rings is 2. The van der Waals surface area contributed by atoms with Crippen molar-refractivity contribution >= 4 is 50.7 Å². The van der Waals surface area contributed by atoms with Crippen LogP contribution in [0, 0.1) is 12.7 Å². The number of nitrogens with one attached hydrogen (secondary N) is 1. The van der Waals surface area contributed by atoms with Gasteiger partial charge in [0.05, 0.1) is 26.4 Å². The fraction of sp³-hybridized carbons (Fsp3) is 0.0625. The molecule has 7 nitrogen and oxygen atoms in total. The highest BCUT2D eigenvalue weighted by Crippen LogP contribution is 2.31. The Labute approximate surface area is 174 Å². The lowest BCUT2D eigenvalue weighted by molar-refractivity contribution is 0.0976. The first-order valence-corrected chi connectivity index (χ1v) is 10.1. The molecular weight excluding hydrogens is 454 g/mol. The zero-order chi connectivity index (χ0) is 20.6. The Kier molecular flexibility index (Phi) is 5.62. The van der Waals surface area contributed by atoms with Gasteiger partial charge in [0.15, 0.2) is 5.69 Å². The van der Waals surface area contributed by atoms with Crippen molar-refractivity contribution in [1.82, 2.24) is 19.7 Å². The van der Waals surface area contributed by atoms with Crippen molar-refractivity contribution in [2.75, 3.05) is 0 Å². The molecule has 1 amide bonds. The summed E-state index contributed by atoms with van der Waals surface area (Å²) in [6, 6.07) is 7.47. The molecule has 28 heavy (non-hydrogen) atoms. The Morgan fingerprint density at radius 2 is 1.75 bits per heavy atom. The summed E-state index contributed by atoms with van der Waals surface area (Å²) in [6.07, 6.45) is 0. The van der Waals surface area contributed by atoms with Crippen LogP contribution >= 0.6 is 34.8 Å². The minimum absolute atomic E-state index is 0.182. The van der Waals surface area contributed by atoms with E-state index in [1.165, 1.54) is 35.9 Å². The zero-order valence-corrected chi connectivity index (χ0v) is 17.0. The fourth-order valence-corrected chi connectivity index (χ4v) is 3.98. The maximum atomic E-state index is 13.8. The van der Waals surface area contributed by atoms with Gasteiger partial charge in [0.25, 0.3) is 15.9 Å². The Bertz CT molecular complexity index is 1200. The second kappa shape index (κ2) is 7.67. The van der Waals surface area contributed by atoms with Crippen molar-refractivity contribution in [2.24, 2.45) is 0 Å². The van der Waals surface area contributed by atoms with Crippen molar-refractivity contribution in [3.63, 3.8) is 0 Å². The van der Waals surface area contributed by atoms with Gasteiger partial charge >= 0.3 is 0 Å². The molecular formula is C16H10Cl3FN4O3S. The summed E-state index contributed by atoms with van der Waals surface area (Å²) in [4.78, 5) is 11.7. The summed E-state index contributed by atoms with van der Waals surface area (Å²) in [6.45, 7) is 1.48. The molecule has 0 bridgehead atoms. The molecule has 0 aliphatic rings. The standard InChI is InChI=1S/C16H10Cl3FN4O3S/c1-8-15(16(25)22-28(26,27)14-5-3-2-4-12(14)20)21-23-24(8)13-7-10(18)9(17)6-11(13)19/h2-7H,1H3,(H,22,25). The lowest BCUT2D eigenvalue weighted by Gasteiger charge is -2.09. The van der Waals surface area contributed by atoms with Gasteiger partial charge in [0.2, 0.25) is 0 Å². The van der Waals surface area contributed by atoms with Gasteiger partial charge in [-0.05, 0) is 31.2 Å². The number of sulfonamides is 1. The molecule has 0 aliphatic carbocycles. The van der Waals surface area contributed by atoms with Gasteiger partial charge in [-0.15, -0.1) is 5.10 Å². The molecule has 0 aliphatic heterocycles. The Hall–Kier alpha value is -2.20. The first-order valence-electron chi connectivity index (χ1n) is 7.50. The van der Waals surface area contributed by atoms with Crippen molar-refractivity contribution in [1.29, 1.82) is 0 Å². The molecule has 0 unspecified atom stereocenters. The molecule has 0 spiro atoms. The first kappa shape index (κ1) is 20.5. The summed E-state index contributed by atoms with van der Waals surface area (Å²) in [5, 5.41) is 8.11. The van der Waals surface area contributed by atoms with E-state index in [0.29, 0.717) is 0 Å². The number of hydrogen-bond donors (Lipinski definition) is 1. The van der Waals surface area contributed by atoms with Crippen LogP contribution in [-0.2, 0) is 10.0 Å². The first-order chi connectivity index (χ1) is 13.1. The molecule has 2 aromatic carbocycles. The lowest BCUT2D eigenvalue weighted by atomic mass is 10.3. The molecule has 1 heterocycles. The van der Waals surface area contributed by atoms with Gasteiger partial charge in [0, 0.05) is 0 Å². The molecule has 12 heteroatoms. The molecule has 0 atom stereocenters. The average Bonchev–Trinajstić information content (AvgIpc) is 2.99. The van der Waals surface area contributed by atoms with Crippen LogP contribution in [0.4, 0.5) is 4.39 Å². The van der Waals surface area contributed by atoms with Crippen LogP contribution in [0.1, 0.15) is 16.2 Å². The second-order valence-corrected chi connectivity index (χ2v) is 8.39. The quantitative estimate of drug-likeness (QED) is 0.594. The fourth-order valence-electron chi connectivity index (χ4n) is 2.33. The van der Waals surface area contributed by atoms with Crippen molar-refractivity contribution < 1.29 is 17.6 Å². The summed E-state index contributed by atoms with van der Waals surface area (Å²) >= 11 is 18.0. The molecule has 1 N–H and O–H groups in total. The molecule has 0 fully saturated rings. The number of amides is 1. The maximum absolute atomic E-state index is 13.8. The summed E-state index contributed by atoms with van der Waals surface area (Å²) in [7, 11) is -4.45. The van der Waals surface area contributed by atoms with Gasteiger partial charge in [-0.1, -0.05) is 52.1 Å². The predicted octanol–water partition coefficient (Wildman–Crippen LogP) is 3.79. The monoisotopic (exact) mass is 462 g/mol. The van der Waals surface area contributed by atoms with Crippen LogP contribution in [0.25, 0.3) is 5.69 Å². The topological polar surface area (TPSA) is 93.9 Å². The highest BCUT2D eigenvalue weighted by atomic mass is 35.5. The van der Waals surface area contributed by atoms with E-state index in [-0.39, 0.29) is 32.1 Å². The molecule has 0 radical (unpaired) electrons. The van der Waals surface area contributed by atoms with E-state index >= 15 is 0 Å². The highest BCUT2D eigenvalue weighted by Gasteiger charge is 2.26. The third-order valence-corrected chi connectivity index (χ3v) is 6.07. The van der Waals surface area contributed by atoms with Gasteiger partial charge in [-0.2, -0.15) is 0 Å². The van der Waals surface area contributed by atoms with E-state index in [0.717, 1.165) is 12.1 Å². The number of aromatic nitrogens is 3. The average molecular weight is 464 g/mol. The molecule has 3 rings (SSSR count). The molecule has 146 valence electrons. The van der Waals surface area contributed by atoms with Crippen molar-refractivity contribution in [3.05, 3.63) is 68.7 Å².